The number of furan rings is 2. The van der Waals surface area contributed by atoms with Crippen LogP contribution in [0, 0.1) is 0 Å². The van der Waals surface area contributed by atoms with Crippen LogP contribution in [-0.2, 0) is 5.41 Å². The third kappa shape index (κ3) is 3.96. The zero-order valence-corrected chi connectivity index (χ0v) is 31.8. The fourth-order valence-electron chi connectivity index (χ4n) is 11.1. The van der Waals surface area contributed by atoms with E-state index in [1.54, 1.807) is 0 Å². The summed E-state index contributed by atoms with van der Waals surface area (Å²) < 4.78 is 12.9. The molecular formula is C57H32O2. The highest BCUT2D eigenvalue weighted by molar-refractivity contribution is 6.19. The Bertz CT molecular complexity index is 3750. The van der Waals surface area contributed by atoms with Gasteiger partial charge in [0, 0.05) is 26.9 Å². The third-order valence-electron chi connectivity index (χ3n) is 13.5. The van der Waals surface area contributed by atoms with E-state index < -0.39 is 5.41 Å². The zero-order valence-electron chi connectivity index (χ0n) is 31.8. The van der Waals surface area contributed by atoms with Crippen molar-refractivity contribution in [1.29, 1.82) is 0 Å². The fraction of sp³-hybridized carbons (Fsp3) is 0.0175. The first-order valence-corrected chi connectivity index (χ1v) is 20.4. The van der Waals surface area contributed by atoms with E-state index in [1.807, 2.05) is 12.1 Å². The van der Waals surface area contributed by atoms with Crippen LogP contribution in [0.2, 0.25) is 0 Å². The molecule has 2 heteroatoms. The Hall–Kier alpha value is -7.68. The maximum Gasteiger partial charge on any atom is 0.143 e. The van der Waals surface area contributed by atoms with Gasteiger partial charge in [0.1, 0.15) is 22.3 Å². The first kappa shape index (κ1) is 31.4. The fourth-order valence-corrected chi connectivity index (χ4v) is 11.1. The Kier molecular flexibility index (Phi) is 5.99. The van der Waals surface area contributed by atoms with Crippen molar-refractivity contribution < 1.29 is 8.83 Å². The van der Waals surface area contributed by atoms with E-state index >= 15 is 0 Å². The molecule has 12 aromatic rings. The molecule has 2 heterocycles. The molecule has 0 unspecified atom stereocenters. The summed E-state index contributed by atoms with van der Waals surface area (Å²) >= 11 is 0. The highest BCUT2D eigenvalue weighted by Crippen LogP contribution is 2.64. The van der Waals surface area contributed by atoms with Crippen LogP contribution < -0.4 is 0 Å². The van der Waals surface area contributed by atoms with Crippen molar-refractivity contribution in [2.45, 2.75) is 5.41 Å². The molecule has 14 rings (SSSR count). The van der Waals surface area contributed by atoms with E-state index in [9.17, 15) is 0 Å². The lowest BCUT2D eigenvalue weighted by Crippen LogP contribution is -2.25. The lowest BCUT2D eigenvalue weighted by molar-refractivity contribution is 0.669. The summed E-state index contributed by atoms with van der Waals surface area (Å²) in [5, 5.41) is 9.41. The average Bonchev–Trinajstić information content (AvgIpc) is 4.04. The molecule has 272 valence electrons. The molecule has 0 saturated carbocycles. The molecule has 0 radical (unpaired) electrons. The van der Waals surface area contributed by atoms with Crippen molar-refractivity contribution in [1.82, 2.24) is 0 Å². The molecule has 10 aromatic carbocycles. The van der Waals surface area contributed by atoms with Crippen molar-refractivity contribution in [2.24, 2.45) is 0 Å². The molecule has 0 atom stereocenters. The largest absolute Gasteiger partial charge is 0.456 e. The van der Waals surface area contributed by atoms with Crippen molar-refractivity contribution in [2.75, 3.05) is 0 Å². The van der Waals surface area contributed by atoms with Gasteiger partial charge in [0.05, 0.1) is 5.41 Å². The van der Waals surface area contributed by atoms with Crippen molar-refractivity contribution in [3.05, 3.63) is 216 Å². The smallest absolute Gasteiger partial charge is 0.143 e. The highest BCUT2D eigenvalue weighted by Gasteiger charge is 2.52. The molecule has 2 aromatic heterocycles. The van der Waals surface area contributed by atoms with E-state index in [4.69, 9.17) is 8.83 Å². The highest BCUT2D eigenvalue weighted by atomic mass is 16.3. The number of hydrogen-bond donors (Lipinski definition) is 0. The van der Waals surface area contributed by atoms with Crippen LogP contribution in [0.5, 0.6) is 0 Å². The van der Waals surface area contributed by atoms with Gasteiger partial charge in [0.25, 0.3) is 0 Å². The number of fused-ring (bicyclic) bond motifs is 20. The summed E-state index contributed by atoms with van der Waals surface area (Å²) in [6, 6.07) is 71.4. The van der Waals surface area contributed by atoms with Crippen molar-refractivity contribution in [3.63, 3.8) is 0 Å². The molecule has 2 aliphatic rings. The van der Waals surface area contributed by atoms with Crippen LogP contribution in [-0.4, -0.2) is 0 Å². The Balaban J connectivity index is 1.06. The van der Waals surface area contributed by atoms with Crippen LogP contribution in [0.4, 0.5) is 0 Å². The standard InChI is InChI=1S/C57H32O2/c1-2-12-38-33(11-1)23-27-45-55-37(17-10-22-53(55)59-56(38)45)35-24-26-44-50(32-35)57(47-19-6-3-13-40(47)41-14-4-7-20-48(41)57)49-29-28-39-36(16-9-18-43(39)54(44)49)34-25-30-52-46(31-34)42-15-5-8-21-51(42)58-52/h1-32H. The van der Waals surface area contributed by atoms with Gasteiger partial charge in [-0.15, -0.1) is 0 Å². The molecule has 0 amide bonds. The molecule has 0 saturated heterocycles. The first-order chi connectivity index (χ1) is 29.3. The lowest BCUT2D eigenvalue weighted by Gasteiger charge is -2.31. The number of para-hydroxylation sites is 1. The van der Waals surface area contributed by atoms with Gasteiger partial charge in [-0.1, -0.05) is 158 Å². The Morgan fingerprint density at radius 2 is 0.949 bits per heavy atom. The second kappa shape index (κ2) is 11.2. The van der Waals surface area contributed by atoms with Crippen molar-refractivity contribution in [3.8, 4) is 44.5 Å². The van der Waals surface area contributed by atoms with Crippen LogP contribution in [0.3, 0.4) is 0 Å². The quantitative estimate of drug-likeness (QED) is 0.176. The summed E-state index contributed by atoms with van der Waals surface area (Å²) in [7, 11) is 0. The van der Waals surface area contributed by atoms with Crippen LogP contribution in [0.25, 0.3) is 110 Å². The molecule has 0 N–H and O–H groups in total. The molecule has 59 heavy (non-hydrogen) atoms. The Labute approximate surface area is 339 Å². The maximum absolute atomic E-state index is 6.69. The van der Waals surface area contributed by atoms with E-state index in [0.29, 0.717) is 0 Å². The predicted molar refractivity (Wildman–Crippen MR) is 243 cm³/mol. The van der Waals surface area contributed by atoms with E-state index in [0.717, 1.165) is 49.3 Å². The maximum atomic E-state index is 6.69. The van der Waals surface area contributed by atoms with Gasteiger partial charge in [-0.05, 0) is 119 Å². The normalized spacial score (nSPS) is 13.6. The van der Waals surface area contributed by atoms with Gasteiger partial charge in [-0.3, -0.25) is 0 Å². The van der Waals surface area contributed by atoms with E-state index in [2.05, 4.69) is 182 Å². The van der Waals surface area contributed by atoms with Gasteiger partial charge in [-0.25, -0.2) is 0 Å². The van der Waals surface area contributed by atoms with Gasteiger partial charge < -0.3 is 8.83 Å². The van der Waals surface area contributed by atoms with Crippen LogP contribution in [0.1, 0.15) is 22.3 Å². The van der Waals surface area contributed by atoms with Crippen LogP contribution in [0.15, 0.2) is 203 Å². The molecule has 1 spiro atoms. The molecule has 0 aliphatic heterocycles. The average molecular weight is 749 g/mol. The molecule has 2 aliphatic carbocycles. The minimum absolute atomic E-state index is 0.491. The van der Waals surface area contributed by atoms with E-state index in [-0.39, 0.29) is 0 Å². The third-order valence-corrected chi connectivity index (χ3v) is 13.5. The number of hydrogen-bond acceptors (Lipinski definition) is 2. The first-order valence-electron chi connectivity index (χ1n) is 20.4. The minimum Gasteiger partial charge on any atom is -0.456 e. The Morgan fingerprint density at radius 1 is 0.305 bits per heavy atom. The summed E-state index contributed by atoms with van der Waals surface area (Å²) in [5.41, 5.74) is 18.5. The molecule has 0 bridgehead atoms. The number of benzene rings is 10. The number of rotatable bonds is 2. The van der Waals surface area contributed by atoms with E-state index in [1.165, 1.54) is 82.9 Å². The van der Waals surface area contributed by atoms with Crippen molar-refractivity contribution >= 4 is 65.4 Å². The summed E-state index contributed by atoms with van der Waals surface area (Å²) in [6.45, 7) is 0. The zero-order chi connectivity index (χ0) is 38.4. The SMILES string of the molecule is c1ccc2c(c1)-c1ccccc1C21c2cc(-c3cccc4oc5c6ccccc6ccc5c34)ccc2-c2c1ccc1c(-c3ccc4oc5ccccc5c4c3)cccc21. The van der Waals surface area contributed by atoms with Gasteiger partial charge in [0.15, 0.2) is 0 Å². The summed E-state index contributed by atoms with van der Waals surface area (Å²) in [5.74, 6) is 0. The predicted octanol–water partition coefficient (Wildman–Crippen LogP) is 15.5. The molecular weight excluding hydrogens is 717 g/mol. The monoisotopic (exact) mass is 748 g/mol. The van der Waals surface area contributed by atoms with Gasteiger partial charge in [-0.2, -0.15) is 0 Å². The minimum atomic E-state index is -0.491. The summed E-state index contributed by atoms with van der Waals surface area (Å²) in [4.78, 5) is 0. The molecule has 0 fully saturated rings. The van der Waals surface area contributed by atoms with Gasteiger partial charge in [0.2, 0.25) is 0 Å². The second-order valence-corrected chi connectivity index (χ2v) is 16.2. The summed E-state index contributed by atoms with van der Waals surface area (Å²) in [6.07, 6.45) is 0. The Morgan fingerprint density at radius 3 is 1.83 bits per heavy atom. The topological polar surface area (TPSA) is 26.3 Å². The lowest BCUT2D eigenvalue weighted by atomic mass is 9.70. The van der Waals surface area contributed by atoms with Gasteiger partial charge >= 0.3 is 0 Å². The van der Waals surface area contributed by atoms with Crippen LogP contribution >= 0.6 is 0 Å². The molecule has 2 nitrogen and oxygen atoms in total. The second-order valence-electron chi connectivity index (χ2n) is 16.2.